The summed E-state index contributed by atoms with van der Waals surface area (Å²) >= 11 is 0. The Morgan fingerprint density at radius 3 is 2.44 bits per heavy atom. The third kappa shape index (κ3) is 6.16. The van der Waals surface area contributed by atoms with E-state index in [2.05, 4.69) is 10.1 Å². The lowest BCUT2D eigenvalue weighted by Crippen LogP contribution is -2.55. The zero-order valence-electron chi connectivity index (χ0n) is 14.9. The number of rotatable bonds is 10. The first-order chi connectivity index (χ1) is 12.9. The molecule has 0 aliphatic heterocycles. The molecule has 2 aliphatic carbocycles. The monoisotopic (exact) mass is 382 g/mol. The molecule has 1 aromatic carbocycles. The van der Waals surface area contributed by atoms with Gasteiger partial charge in [0.25, 0.3) is 0 Å². The van der Waals surface area contributed by atoms with Gasteiger partial charge in [-0.15, -0.1) is 0 Å². The number of halogens is 2. The summed E-state index contributed by atoms with van der Waals surface area (Å²) in [6.45, 7) is -1.99. The molecule has 2 N–H and O–H groups in total. The Bertz CT molecular complexity index is 658. The highest BCUT2D eigenvalue weighted by atomic mass is 19.3. The number of nitrogens with one attached hydrogen (secondary N) is 1. The molecule has 0 spiro atoms. The largest absolute Gasteiger partial charge is 0.480 e. The number of carbonyl (C=O) groups is 2. The van der Waals surface area contributed by atoms with Crippen LogP contribution >= 0.6 is 0 Å². The highest BCUT2D eigenvalue weighted by Gasteiger charge is 2.37. The van der Waals surface area contributed by atoms with Crippen LogP contribution in [0.5, 0.6) is 5.75 Å². The molecule has 2 aliphatic rings. The van der Waals surface area contributed by atoms with E-state index >= 15 is 0 Å². The van der Waals surface area contributed by atoms with Crippen molar-refractivity contribution in [3.05, 3.63) is 29.8 Å². The maximum absolute atomic E-state index is 12.2. The maximum Gasteiger partial charge on any atom is 0.387 e. The predicted octanol–water partition coefficient (Wildman–Crippen LogP) is 2.27. The summed E-state index contributed by atoms with van der Waals surface area (Å²) in [5, 5.41) is 12.0. The van der Waals surface area contributed by atoms with Crippen LogP contribution in [0, 0.1) is 5.92 Å². The first kappa shape index (κ1) is 19.5. The van der Waals surface area contributed by atoms with Crippen molar-refractivity contribution in [3.8, 4) is 5.75 Å². The Balaban J connectivity index is 1.41. The second-order valence-corrected chi connectivity index (χ2v) is 7.36. The molecule has 1 aromatic rings. The third-order valence-electron chi connectivity index (χ3n) is 5.04. The fourth-order valence-corrected chi connectivity index (χ4v) is 3.41. The van der Waals surface area contributed by atoms with E-state index in [1.165, 1.54) is 25.0 Å². The van der Waals surface area contributed by atoms with Gasteiger partial charge in [-0.2, -0.15) is 8.78 Å². The lowest BCUT2D eigenvalue weighted by atomic mass is 9.85. The molecule has 0 atom stereocenters. The topological polar surface area (TPSA) is 78.9 Å². The minimum absolute atomic E-state index is 0.0505. The quantitative estimate of drug-likeness (QED) is 0.649. The molecule has 0 saturated heterocycles. The van der Waals surface area contributed by atoms with E-state index in [1.54, 1.807) is 12.1 Å². The number of carboxylic acid groups (broad SMARTS) is 1. The zero-order chi connectivity index (χ0) is 19.4. The Morgan fingerprint density at radius 1 is 1.22 bits per heavy atom. The third-order valence-corrected chi connectivity index (χ3v) is 5.04. The van der Waals surface area contributed by atoms with Crippen LogP contribution in [0.25, 0.3) is 0 Å². The maximum atomic E-state index is 12.2. The van der Waals surface area contributed by atoms with Gasteiger partial charge in [0, 0.05) is 18.6 Å². The Morgan fingerprint density at radius 2 is 1.89 bits per heavy atom. The summed E-state index contributed by atoms with van der Waals surface area (Å²) in [4.78, 5) is 25.2. The molecule has 0 unspecified atom stereocenters. The van der Waals surface area contributed by atoms with E-state index in [1.807, 2.05) is 4.90 Å². The van der Waals surface area contributed by atoms with Gasteiger partial charge in [-0.1, -0.05) is 12.1 Å². The first-order valence-electron chi connectivity index (χ1n) is 9.18. The summed E-state index contributed by atoms with van der Waals surface area (Å²) in [7, 11) is 0. The number of hydrogen-bond acceptors (Lipinski definition) is 4. The van der Waals surface area contributed by atoms with Crippen molar-refractivity contribution >= 4 is 11.9 Å². The normalized spacial score (nSPS) is 21.8. The van der Waals surface area contributed by atoms with Gasteiger partial charge < -0.3 is 15.2 Å². The summed E-state index contributed by atoms with van der Waals surface area (Å²) in [5.74, 6) is -0.268. The highest BCUT2D eigenvalue weighted by Crippen LogP contribution is 2.33. The number of aliphatic carboxylic acids is 1. The van der Waals surface area contributed by atoms with E-state index in [0.29, 0.717) is 11.5 Å². The molecule has 3 rings (SSSR count). The molecule has 1 amide bonds. The zero-order valence-corrected chi connectivity index (χ0v) is 14.9. The van der Waals surface area contributed by atoms with Crippen molar-refractivity contribution in [2.75, 3.05) is 13.1 Å². The van der Waals surface area contributed by atoms with Crippen LogP contribution in [0.2, 0.25) is 0 Å². The number of ether oxygens (including phenoxy) is 1. The van der Waals surface area contributed by atoms with Gasteiger partial charge in [0.05, 0.1) is 13.0 Å². The van der Waals surface area contributed by atoms with Gasteiger partial charge in [-0.25, -0.2) is 0 Å². The van der Waals surface area contributed by atoms with E-state index in [-0.39, 0.29) is 36.7 Å². The molecule has 2 fully saturated rings. The molecule has 148 valence electrons. The molecular weight excluding hydrogens is 358 g/mol. The van der Waals surface area contributed by atoms with Crippen molar-refractivity contribution in [2.45, 2.75) is 50.8 Å². The lowest BCUT2D eigenvalue weighted by molar-refractivity contribution is -0.140. The molecule has 0 bridgehead atoms. The minimum Gasteiger partial charge on any atom is -0.480 e. The second kappa shape index (κ2) is 8.65. The molecule has 27 heavy (non-hydrogen) atoms. The fraction of sp³-hybridized carbons (Fsp3) is 0.579. The molecule has 0 aromatic heterocycles. The minimum atomic E-state index is -2.87. The Labute approximate surface area is 156 Å². The molecular formula is C19H24F2N2O4. The average Bonchev–Trinajstić information content (AvgIpc) is 3.35. The molecule has 0 radical (unpaired) electrons. The standard InChI is InChI=1S/C19H24F2N2O4/c20-19(21)27-16-5-3-12(4-6-16)7-17(24)22-14-8-15(9-14)23(11-18(25)26)10-13-1-2-13/h3-6,13-15,19H,1-2,7-11H2,(H,22,24)(H,25,26). The van der Waals surface area contributed by atoms with Gasteiger partial charge in [-0.05, 0) is 49.3 Å². The SMILES string of the molecule is O=C(O)CN(CC1CC1)C1CC(NC(=O)Cc2ccc(OC(F)F)cc2)C1. The van der Waals surface area contributed by atoms with E-state index in [0.717, 1.165) is 19.4 Å². The van der Waals surface area contributed by atoms with Crippen LogP contribution in [0.15, 0.2) is 24.3 Å². The van der Waals surface area contributed by atoms with Gasteiger partial charge in [-0.3, -0.25) is 14.5 Å². The van der Waals surface area contributed by atoms with Crippen LogP contribution in [-0.4, -0.2) is 53.7 Å². The van der Waals surface area contributed by atoms with E-state index < -0.39 is 12.6 Å². The number of benzene rings is 1. The van der Waals surface area contributed by atoms with Crippen LogP contribution in [0.1, 0.15) is 31.2 Å². The van der Waals surface area contributed by atoms with Crippen molar-refractivity contribution in [1.82, 2.24) is 10.2 Å². The predicted molar refractivity (Wildman–Crippen MR) is 93.7 cm³/mol. The van der Waals surface area contributed by atoms with Gasteiger partial charge in [0.2, 0.25) is 5.91 Å². The van der Waals surface area contributed by atoms with Crippen molar-refractivity contribution in [1.29, 1.82) is 0 Å². The number of carbonyl (C=O) groups excluding carboxylic acids is 1. The van der Waals surface area contributed by atoms with E-state index in [4.69, 9.17) is 5.11 Å². The number of amides is 1. The molecule has 2 saturated carbocycles. The van der Waals surface area contributed by atoms with Gasteiger partial charge in [0.1, 0.15) is 5.75 Å². The molecule has 8 heteroatoms. The summed E-state index contributed by atoms with van der Waals surface area (Å²) in [6.07, 6.45) is 4.02. The molecule has 6 nitrogen and oxygen atoms in total. The Kier molecular flexibility index (Phi) is 6.26. The number of hydrogen-bond donors (Lipinski definition) is 2. The van der Waals surface area contributed by atoms with Gasteiger partial charge in [0.15, 0.2) is 0 Å². The molecule has 0 heterocycles. The highest BCUT2D eigenvalue weighted by molar-refractivity contribution is 5.79. The Hall–Kier alpha value is -2.22. The fourth-order valence-electron chi connectivity index (χ4n) is 3.41. The van der Waals surface area contributed by atoms with Crippen LogP contribution in [-0.2, 0) is 16.0 Å². The number of alkyl halides is 2. The number of nitrogens with zero attached hydrogens (tertiary/aromatic N) is 1. The first-order valence-corrected chi connectivity index (χ1v) is 9.18. The van der Waals surface area contributed by atoms with Gasteiger partial charge >= 0.3 is 12.6 Å². The van der Waals surface area contributed by atoms with Crippen LogP contribution < -0.4 is 10.1 Å². The van der Waals surface area contributed by atoms with E-state index in [9.17, 15) is 18.4 Å². The van der Waals surface area contributed by atoms with Crippen molar-refractivity contribution < 1.29 is 28.2 Å². The number of carboxylic acids is 1. The summed E-state index contributed by atoms with van der Waals surface area (Å²) < 4.78 is 28.5. The average molecular weight is 382 g/mol. The van der Waals surface area contributed by atoms with Crippen LogP contribution in [0.4, 0.5) is 8.78 Å². The van der Waals surface area contributed by atoms with Crippen molar-refractivity contribution in [3.63, 3.8) is 0 Å². The summed E-state index contributed by atoms with van der Waals surface area (Å²) in [5.41, 5.74) is 0.714. The summed E-state index contributed by atoms with van der Waals surface area (Å²) in [6, 6.07) is 6.26. The smallest absolute Gasteiger partial charge is 0.387 e. The second-order valence-electron chi connectivity index (χ2n) is 7.36. The van der Waals surface area contributed by atoms with Crippen molar-refractivity contribution in [2.24, 2.45) is 5.92 Å². The van der Waals surface area contributed by atoms with Crippen LogP contribution in [0.3, 0.4) is 0 Å². The lowest BCUT2D eigenvalue weighted by Gasteiger charge is -2.42.